The first kappa shape index (κ1) is 13.8. The minimum absolute atomic E-state index is 0.951. The lowest BCUT2D eigenvalue weighted by atomic mass is 10.5. The van der Waals surface area contributed by atoms with Crippen LogP contribution in [0, 0.1) is 0 Å². The molecule has 0 rings (SSSR count). The summed E-state index contributed by atoms with van der Waals surface area (Å²) in [5.41, 5.74) is 0. The summed E-state index contributed by atoms with van der Waals surface area (Å²) in [6.45, 7) is 17.1. The molecular formula is C10H24O2Si2. The van der Waals surface area contributed by atoms with Crippen molar-refractivity contribution in [1.29, 1.82) is 0 Å². The van der Waals surface area contributed by atoms with E-state index in [-0.39, 0.29) is 0 Å². The third-order valence-electron chi connectivity index (χ3n) is 1.41. The maximum atomic E-state index is 5.86. The van der Waals surface area contributed by atoms with E-state index in [1.807, 2.05) is 13.8 Å². The monoisotopic (exact) mass is 232 g/mol. The first-order valence-electron chi connectivity index (χ1n) is 5.07. The summed E-state index contributed by atoms with van der Waals surface area (Å²) in [7, 11) is -2.96. The van der Waals surface area contributed by atoms with Crippen molar-refractivity contribution in [2.45, 2.75) is 53.1 Å². The van der Waals surface area contributed by atoms with Gasteiger partial charge in [0.25, 0.3) is 0 Å². The van der Waals surface area contributed by atoms with Crippen LogP contribution in [0.5, 0.6) is 0 Å². The van der Waals surface area contributed by atoms with Crippen LogP contribution in [0.4, 0.5) is 0 Å². The van der Waals surface area contributed by atoms with Crippen molar-refractivity contribution in [3.63, 3.8) is 0 Å². The lowest BCUT2D eigenvalue weighted by molar-refractivity contribution is 0.344. The number of hydrogen-bond acceptors (Lipinski definition) is 2. The predicted molar refractivity (Wildman–Crippen MR) is 67.2 cm³/mol. The van der Waals surface area contributed by atoms with E-state index in [2.05, 4.69) is 39.3 Å². The molecular weight excluding hydrogens is 208 g/mol. The quantitative estimate of drug-likeness (QED) is 0.540. The molecule has 0 aliphatic heterocycles. The highest BCUT2D eigenvalue weighted by Gasteiger charge is 2.20. The highest BCUT2D eigenvalue weighted by molar-refractivity contribution is 6.70. The van der Waals surface area contributed by atoms with E-state index in [1.165, 1.54) is 0 Å². The zero-order valence-corrected chi connectivity index (χ0v) is 12.8. The number of allylic oxidation sites excluding steroid dienone is 2. The minimum Gasteiger partial charge on any atom is -0.545 e. The third kappa shape index (κ3) is 7.20. The van der Waals surface area contributed by atoms with E-state index in [9.17, 15) is 0 Å². The van der Waals surface area contributed by atoms with E-state index in [1.54, 1.807) is 0 Å². The van der Waals surface area contributed by atoms with Gasteiger partial charge in [-0.2, -0.15) is 0 Å². The van der Waals surface area contributed by atoms with Gasteiger partial charge in [-0.3, -0.25) is 0 Å². The average Bonchev–Trinajstić information content (AvgIpc) is 1.78. The lowest BCUT2D eigenvalue weighted by Gasteiger charge is -2.25. The van der Waals surface area contributed by atoms with Crippen LogP contribution in [0.2, 0.25) is 39.3 Å². The van der Waals surface area contributed by atoms with E-state index in [0.29, 0.717) is 0 Å². The van der Waals surface area contributed by atoms with Crippen LogP contribution in [0.15, 0.2) is 11.5 Å². The van der Waals surface area contributed by atoms with Crippen LogP contribution in [0.25, 0.3) is 0 Å². The fourth-order valence-corrected chi connectivity index (χ4v) is 3.19. The van der Waals surface area contributed by atoms with Gasteiger partial charge in [0.15, 0.2) is 0 Å². The molecule has 4 heteroatoms. The zero-order valence-electron chi connectivity index (χ0n) is 10.8. The van der Waals surface area contributed by atoms with Crippen LogP contribution in [0.1, 0.15) is 13.8 Å². The Morgan fingerprint density at radius 1 is 0.643 bits per heavy atom. The molecule has 0 aromatic carbocycles. The molecule has 0 aromatic rings. The van der Waals surface area contributed by atoms with Gasteiger partial charge in [0, 0.05) is 0 Å². The molecule has 0 radical (unpaired) electrons. The topological polar surface area (TPSA) is 18.5 Å². The molecule has 0 saturated heterocycles. The van der Waals surface area contributed by atoms with E-state index in [0.717, 1.165) is 11.5 Å². The van der Waals surface area contributed by atoms with Gasteiger partial charge in [0.2, 0.25) is 16.6 Å². The first-order chi connectivity index (χ1) is 6.01. The molecule has 0 aliphatic rings. The van der Waals surface area contributed by atoms with Crippen molar-refractivity contribution in [3.8, 4) is 0 Å². The van der Waals surface area contributed by atoms with Gasteiger partial charge in [-0.15, -0.1) is 0 Å². The Morgan fingerprint density at radius 2 is 0.857 bits per heavy atom. The van der Waals surface area contributed by atoms with Crippen molar-refractivity contribution in [2.24, 2.45) is 0 Å². The molecule has 0 unspecified atom stereocenters. The summed E-state index contributed by atoms with van der Waals surface area (Å²) in [5, 5.41) is 0. The molecule has 0 amide bonds. The van der Waals surface area contributed by atoms with E-state index in [4.69, 9.17) is 8.85 Å². The van der Waals surface area contributed by atoms with Gasteiger partial charge in [-0.1, -0.05) is 0 Å². The molecule has 0 fully saturated rings. The zero-order chi connectivity index (χ0) is 11.6. The highest BCUT2D eigenvalue weighted by atomic mass is 28.4. The van der Waals surface area contributed by atoms with Gasteiger partial charge in [0.05, 0.1) is 0 Å². The van der Waals surface area contributed by atoms with Crippen LogP contribution >= 0.6 is 0 Å². The highest BCUT2D eigenvalue weighted by Crippen LogP contribution is 2.17. The molecule has 0 N–H and O–H groups in total. The van der Waals surface area contributed by atoms with Crippen molar-refractivity contribution in [1.82, 2.24) is 0 Å². The van der Waals surface area contributed by atoms with Crippen molar-refractivity contribution < 1.29 is 8.85 Å². The second-order valence-corrected chi connectivity index (χ2v) is 14.4. The summed E-state index contributed by atoms with van der Waals surface area (Å²) in [6.07, 6.45) is 0. The van der Waals surface area contributed by atoms with Crippen LogP contribution in [-0.2, 0) is 8.85 Å². The molecule has 0 spiro atoms. The van der Waals surface area contributed by atoms with Crippen LogP contribution < -0.4 is 0 Å². The standard InChI is InChI=1S/C10H24O2Si2/c1-9(11-13(3,4)5)10(2)12-14(6,7)8/h1-8H3/b10-9+. The second-order valence-electron chi connectivity index (χ2n) is 5.54. The van der Waals surface area contributed by atoms with Gasteiger partial charge >= 0.3 is 0 Å². The van der Waals surface area contributed by atoms with Crippen LogP contribution in [-0.4, -0.2) is 16.6 Å². The maximum absolute atomic E-state index is 5.86. The van der Waals surface area contributed by atoms with Gasteiger partial charge in [0.1, 0.15) is 11.5 Å². The minimum atomic E-state index is -1.48. The smallest absolute Gasteiger partial charge is 0.241 e. The first-order valence-corrected chi connectivity index (χ1v) is 11.9. The fourth-order valence-electron chi connectivity index (χ4n) is 1.06. The lowest BCUT2D eigenvalue weighted by Crippen LogP contribution is -2.28. The maximum Gasteiger partial charge on any atom is 0.241 e. The molecule has 0 aromatic heterocycles. The van der Waals surface area contributed by atoms with Crippen LogP contribution in [0.3, 0.4) is 0 Å². The molecule has 2 nitrogen and oxygen atoms in total. The predicted octanol–water partition coefficient (Wildman–Crippen LogP) is 3.94. The Kier molecular flexibility index (Phi) is 4.46. The molecule has 0 atom stereocenters. The fraction of sp³-hybridized carbons (Fsp3) is 0.800. The Hall–Kier alpha value is -0.226. The normalized spacial score (nSPS) is 14.9. The Bertz CT molecular complexity index is 197. The van der Waals surface area contributed by atoms with E-state index < -0.39 is 16.6 Å². The Morgan fingerprint density at radius 3 is 1.00 bits per heavy atom. The number of hydrogen-bond donors (Lipinski definition) is 0. The average molecular weight is 232 g/mol. The molecule has 0 heterocycles. The summed E-state index contributed by atoms with van der Waals surface area (Å²) in [6, 6.07) is 0. The summed E-state index contributed by atoms with van der Waals surface area (Å²) in [5.74, 6) is 1.90. The SMILES string of the molecule is C/C(O[Si](C)(C)C)=C(/C)O[Si](C)(C)C. The second kappa shape index (κ2) is 4.53. The largest absolute Gasteiger partial charge is 0.545 e. The molecule has 0 bridgehead atoms. The molecule has 0 aliphatic carbocycles. The van der Waals surface area contributed by atoms with Crippen molar-refractivity contribution >= 4 is 16.6 Å². The van der Waals surface area contributed by atoms with Gasteiger partial charge < -0.3 is 8.85 Å². The molecule has 84 valence electrons. The van der Waals surface area contributed by atoms with Crippen molar-refractivity contribution in [2.75, 3.05) is 0 Å². The summed E-state index contributed by atoms with van der Waals surface area (Å²) < 4.78 is 11.7. The summed E-state index contributed by atoms with van der Waals surface area (Å²) >= 11 is 0. The summed E-state index contributed by atoms with van der Waals surface area (Å²) in [4.78, 5) is 0. The van der Waals surface area contributed by atoms with Gasteiger partial charge in [-0.05, 0) is 53.1 Å². The molecule has 0 saturated carbocycles. The number of rotatable bonds is 4. The van der Waals surface area contributed by atoms with Gasteiger partial charge in [-0.25, -0.2) is 0 Å². The molecule has 14 heavy (non-hydrogen) atoms. The van der Waals surface area contributed by atoms with Crippen molar-refractivity contribution in [3.05, 3.63) is 11.5 Å². The Balaban J connectivity index is 4.45. The Labute approximate surface area is 90.6 Å². The van der Waals surface area contributed by atoms with E-state index >= 15 is 0 Å². The third-order valence-corrected chi connectivity index (χ3v) is 3.25.